The molecule has 16 heteroatoms. The number of nitrogens with two attached hydrogens (primary N) is 2. The van der Waals surface area contributed by atoms with Crippen LogP contribution in [-0.4, -0.2) is 77.4 Å². The van der Waals surface area contributed by atoms with E-state index >= 15 is 0 Å². The summed E-state index contributed by atoms with van der Waals surface area (Å²) < 4.78 is 31.0. The predicted molar refractivity (Wildman–Crippen MR) is 241 cm³/mol. The van der Waals surface area contributed by atoms with Crippen molar-refractivity contribution >= 4 is 23.9 Å². The van der Waals surface area contributed by atoms with Gasteiger partial charge in [-0.1, -0.05) is 52.0 Å². The molecule has 5 saturated carbocycles. The van der Waals surface area contributed by atoms with Gasteiger partial charge in [0.05, 0.1) is 48.7 Å². The predicted octanol–water partition coefficient (Wildman–Crippen LogP) is 7.45. The van der Waals surface area contributed by atoms with E-state index in [4.69, 9.17) is 11.5 Å². The molecule has 11 rings (SSSR count). The zero-order chi connectivity index (χ0) is 46.2. The number of amides is 6. The third-order valence-electron chi connectivity index (χ3n) is 15.5. The number of hydrogen-bond donors (Lipinski definition) is 4. The Labute approximate surface area is 378 Å². The summed E-state index contributed by atoms with van der Waals surface area (Å²) in [4.78, 5) is 54.6. The van der Waals surface area contributed by atoms with E-state index in [0.29, 0.717) is 83.3 Å². The van der Waals surface area contributed by atoms with E-state index in [1.165, 1.54) is 49.9 Å². The topological polar surface area (TPSA) is 186 Å². The third-order valence-corrected chi connectivity index (χ3v) is 15.5. The normalized spacial score (nSPS) is 29.9. The molecule has 6 amide bonds. The number of carbonyl (C=O) groups is 4. The minimum Gasteiger partial charge on any atom is -0.365 e. The SMILES string of the molecule is CC.CC1(NC(=O)N2CCn3nc(-c4cccc(F)c4)c(C(N)=O)c3C2)CC2CC23CC3C1.CC1CC2CC(C)CC2(NC(=O)N2CCn3nc(-c4cccc(F)c4)c(C(N)=O)c3C2)C1. The zero-order valence-corrected chi connectivity index (χ0v) is 38.1. The minimum atomic E-state index is -0.624. The van der Waals surface area contributed by atoms with Gasteiger partial charge in [-0.3, -0.25) is 19.0 Å². The van der Waals surface area contributed by atoms with E-state index in [-0.39, 0.29) is 47.4 Å². The van der Waals surface area contributed by atoms with Crippen molar-refractivity contribution < 1.29 is 28.0 Å². The molecule has 4 heterocycles. The highest BCUT2D eigenvalue weighted by atomic mass is 19.1. The van der Waals surface area contributed by atoms with Gasteiger partial charge in [0.15, 0.2) is 0 Å². The lowest BCUT2D eigenvalue weighted by molar-refractivity contribution is 0.0989. The van der Waals surface area contributed by atoms with Crippen LogP contribution in [0.5, 0.6) is 0 Å². The van der Waals surface area contributed by atoms with Crippen LogP contribution < -0.4 is 22.1 Å². The Morgan fingerprint density at radius 1 is 0.646 bits per heavy atom. The first-order valence-corrected chi connectivity index (χ1v) is 23.5. The molecule has 346 valence electrons. The van der Waals surface area contributed by atoms with Crippen molar-refractivity contribution in [1.82, 2.24) is 40.0 Å². The van der Waals surface area contributed by atoms with Gasteiger partial charge in [0.1, 0.15) is 23.0 Å². The lowest BCUT2D eigenvalue weighted by atomic mass is 9.83. The van der Waals surface area contributed by atoms with Crippen LogP contribution in [0.25, 0.3) is 22.5 Å². The summed E-state index contributed by atoms with van der Waals surface area (Å²) in [6.07, 6.45) is 9.15. The molecule has 0 radical (unpaired) electrons. The number of primary amides is 2. The van der Waals surface area contributed by atoms with Gasteiger partial charge in [0, 0.05) is 35.3 Å². The first-order chi connectivity index (χ1) is 31.0. The van der Waals surface area contributed by atoms with Gasteiger partial charge in [-0.05, 0) is 118 Å². The second kappa shape index (κ2) is 16.6. The molecule has 0 saturated heterocycles. The molecule has 2 aromatic carbocycles. The number of nitrogens with zero attached hydrogens (tertiary/aromatic N) is 6. The summed E-state index contributed by atoms with van der Waals surface area (Å²) in [6, 6.07) is 11.7. The number of nitrogens with one attached hydrogen (secondary N) is 2. The van der Waals surface area contributed by atoms with Crippen molar-refractivity contribution in [2.45, 2.75) is 123 Å². The maximum atomic E-state index is 13.8. The van der Waals surface area contributed by atoms with Gasteiger partial charge in [0.2, 0.25) is 0 Å². The summed E-state index contributed by atoms with van der Waals surface area (Å²) in [5.74, 6) is 1.25. The van der Waals surface area contributed by atoms with Gasteiger partial charge in [-0.25, -0.2) is 18.4 Å². The highest BCUT2D eigenvalue weighted by molar-refractivity contribution is 6.01. The van der Waals surface area contributed by atoms with Crippen molar-refractivity contribution in [2.75, 3.05) is 13.1 Å². The van der Waals surface area contributed by atoms with E-state index in [9.17, 15) is 28.0 Å². The minimum absolute atomic E-state index is 0.0895. The number of rotatable bonds is 6. The van der Waals surface area contributed by atoms with Crippen molar-refractivity contribution in [2.24, 2.45) is 46.5 Å². The van der Waals surface area contributed by atoms with E-state index < -0.39 is 23.4 Å². The van der Waals surface area contributed by atoms with Crippen molar-refractivity contribution in [1.29, 1.82) is 0 Å². The van der Waals surface area contributed by atoms with Crippen LogP contribution in [0.3, 0.4) is 0 Å². The number of halogens is 2. The molecule has 0 bridgehead atoms. The Morgan fingerprint density at radius 3 is 1.52 bits per heavy atom. The summed E-state index contributed by atoms with van der Waals surface area (Å²) in [5, 5.41) is 15.8. The second-order valence-corrected chi connectivity index (χ2v) is 20.2. The molecule has 2 aliphatic heterocycles. The Hall–Kier alpha value is -5.80. The number of aromatic nitrogens is 4. The van der Waals surface area contributed by atoms with Crippen LogP contribution in [0.15, 0.2) is 48.5 Å². The quantitative estimate of drug-likeness (QED) is 0.156. The highest BCUT2D eigenvalue weighted by Gasteiger charge is 2.74. The monoisotopic (exact) mass is 892 g/mol. The molecule has 5 fully saturated rings. The van der Waals surface area contributed by atoms with Gasteiger partial charge >= 0.3 is 12.1 Å². The van der Waals surface area contributed by atoms with Crippen molar-refractivity contribution in [3.8, 4) is 22.5 Å². The molecule has 4 aromatic rings. The molecule has 7 aliphatic rings. The second-order valence-electron chi connectivity index (χ2n) is 20.2. The molecule has 4 atom stereocenters. The fourth-order valence-electron chi connectivity index (χ4n) is 12.7. The van der Waals surface area contributed by atoms with Gasteiger partial charge in [0.25, 0.3) is 11.8 Å². The molecule has 6 N–H and O–H groups in total. The summed E-state index contributed by atoms with van der Waals surface area (Å²) in [7, 11) is 0. The van der Waals surface area contributed by atoms with Gasteiger partial charge in [-0.15, -0.1) is 0 Å². The van der Waals surface area contributed by atoms with E-state index in [1.54, 1.807) is 43.4 Å². The largest absolute Gasteiger partial charge is 0.365 e. The maximum absolute atomic E-state index is 13.8. The number of carbonyl (C=O) groups excluding carboxylic acids is 4. The van der Waals surface area contributed by atoms with E-state index in [1.807, 2.05) is 13.8 Å². The lowest BCUT2D eigenvalue weighted by Gasteiger charge is -2.37. The fraction of sp³-hybridized carbons (Fsp3) is 0.551. The Bertz CT molecular complexity index is 2520. The number of fused-ring (bicyclic) bond motifs is 3. The summed E-state index contributed by atoms with van der Waals surface area (Å²) >= 11 is 0. The molecule has 65 heavy (non-hydrogen) atoms. The van der Waals surface area contributed by atoms with E-state index in [2.05, 4.69) is 41.6 Å². The van der Waals surface area contributed by atoms with Crippen LogP contribution in [-0.2, 0) is 26.2 Å². The van der Waals surface area contributed by atoms with Crippen molar-refractivity contribution in [3.05, 3.63) is 82.7 Å². The smallest absolute Gasteiger partial charge is 0.318 e. The molecular formula is C49H62F2N10O4. The summed E-state index contributed by atoms with van der Waals surface area (Å²) in [5.41, 5.74) is 15.2. The Balaban J connectivity index is 0.000000158. The Morgan fingerprint density at radius 2 is 1.09 bits per heavy atom. The molecule has 5 aliphatic carbocycles. The van der Waals surface area contributed by atoms with E-state index in [0.717, 1.165) is 37.5 Å². The van der Waals surface area contributed by atoms with Crippen LogP contribution in [0.4, 0.5) is 18.4 Å². The third kappa shape index (κ3) is 8.15. The number of urea groups is 2. The standard InChI is InChI=1S/C24H30FN5O2.C23H26FN5O2.C2H6/c1-14-8-17-9-15(2)12-24(17,11-14)27-23(32)29-6-7-30-19(13-29)20(22(26)31)21(28-30)16-4-3-5-18(25)10-16;1-22(8-14-10-23(14)11-15(23)9-22)26-21(31)28-5-6-29-17(12-28)18(20(25)30)19(27-29)13-3-2-4-16(24)7-13;1-2/h3-5,10,14-15,17H,6-9,11-13H2,1-2H3,(H2,26,31)(H,27,32);2-4,7,14-15H,5-6,8-12H2,1H3,(H2,25,30)(H,26,31);1-2H3. The number of benzene rings is 2. The Kier molecular flexibility index (Phi) is 11.3. The lowest BCUT2D eigenvalue weighted by Crippen LogP contribution is -2.54. The van der Waals surface area contributed by atoms with Gasteiger partial charge < -0.3 is 31.9 Å². The van der Waals surface area contributed by atoms with Gasteiger partial charge in [-0.2, -0.15) is 10.2 Å². The molecule has 14 nitrogen and oxygen atoms in total. The first-order valence-electron chi connectivity index (χ1n) is 23.5. The maximum Gasteiger partial charge on any atom is 0.318 e. The molecule has 4 unspecified atom stereocenters. The van der Waals surface area contributed by atoms with Crippen LogP contribution in [0.2, 0.25) is 0 Å². The van der Waals surface area contributed by atoms with Crippen LogP contribution >= 0.6 is 0 Å². The first kappa shape index (κ1) is 44.4. The molecule has 2 aromatic heterocycles. The average molecular weight is 893 g/mol. The van der Waals surface area contributed by atoms with Crippen LogP contribution in [0, 0.1) is 46.6 Å². The number of hydrogen-bond acceptors (Lipinski definition) is 6. The zero-order valence-electron chi connectivity index (χ0n) is 38.1. The molecule has 1 spiro atoms. The molecular weight excluding hydrogens is 831 g/mol. The van der Waals surface area contributed by atoms with Crippen molar-refractivity contribution in [3.63, 3.8) is 0 Å². The van der Waals surface area contributed by atoms with Crippen LogP contribution in [0.1, 0.15) is 118 Å². The average Bonchev–Trinajstić information content (AvgIpc) is 3.86. The fourth-order valence-corrected chi connectivity index (χ4v) is 12.7. The summed E-state index contributed by atoms with van der Waals surface area (Å²) in [6.45, 7) is 13.1. The highest BCUT2D eigenvalue weighted by Crippen LogP contribution is 2.80.